The summed E-state index contributed by atoms with van der Waals surface area (Å²) in [5.74, 6) is 3.26. The number of hydrogen-bond donors (Lipinski definition) is 0. The maximum Gasteiger partial charge on any atom is 0.267 e. The summed E-state index contributed by atoms with van der Waals surface area (Å²) in [6.07, 6.45) is 2.84. The van der Waals surface area contributed by atoms with Gasteiger partial charge in [0.1, 0.15) is 12.0 Å². The third-order valence-corrected chi connectivity index (χ3v) is 2.04. The highest BCUT2D eigenvalue weighted by Crippen LogP contribution is 2.13. The molecule has 0 spiro atoms. The largest absolute Gasteiger partial charge is 0.349 e. The summed E-state index contributed by atoms with van der Waals surface area (Å²) < 4.78 is 1.45. The minimum Gasteiger partial charge on any atom is -0.349 e. The third kappa shape index (κ3) is 1.22. The van der Waals surface area contributed by atoms with Crippen LogP contribution < -0.4 is 5.56 Å². The number of fused-ring (bicyclic) bond motifs is 1. The van der Waals surface area contributed by atoms with Crippen molar-refractivity contribution >= 4 is 32.0 Å². The normalized spacial score (nSPS) is 12.6. The number of aromatic nitrogens is 2. The summed E-state index contributed by atoms with van der Waals surface area (Å²) in [5.41, 5.74) is 0.661. The maximum absolute atomic E-state index is 11.7. The molecule has 68 valence electrons. The van der Waals surface area contributed by atoms with Crippen LogP contribution in [0, 0.1) is 6.92 Å². The lowest BCUT2D eigenvalue weighted by atomic mass is 10.3. The number of rotatable bonds is 0. The Bertz CT molecular complexity index is 537. The van der Waals surface area contributed by atoms with Crippen molar-refractivity contribution in [3.05, 3.63) is 21.9 Å². The molecule has 14 heavy (non-hydrogen) atoms. The van der Waals surface area contributed by atoms with Crippen LogP contribution in [0.5, 0.6) is 0 Å². The number of aliphatic imine (C=N–C) groups is 2. The molecule has 0 amide bonds. The first-order valence-corrected chi connectivity index (χ1v) is 4.09. The van der Waals surface area contributed by atoms with Crippen LogP contribution in [0.2, 0.25) is 0 Å². The van der Waals surface area contributed by atoms with Crippen molar-refractivity contribution in [3.8, 4) is 0 Å². The van der Waals surface area contributed by atoms with Crippen molar-refractivity contribution in [2.24, 2.45) is 9.98 Å². The monoisotopic (exact) mass is 186 g/mol. The summed E-state index contributed by atoms with van der Waals surface area (Å²) in [6, 6.07) is 0. The van der Waals surface area contributed by atoms with Crippen LogP contribution in [0.15, 0.2) is 14.8 Å². The molecule has 0 saturated carbocycles. The molecular weight excluding hydrogens is 179 g/mol. The second kappa shape index (κ2) is 3.08. The van der Waals surface area contributed by atoms with Gasteiger partial charge in [0.2, 0.25) is 7.98 Å². The minimum absolute atomic E-state index is 0.168. The lowest BCUT2D eigenvalue weighted by Crippen LogP contribution is -2.22. The zero-order valence-corrected chi connectivity index (χ0v) is 7.85. The molecule has 6 heteroatoms. The third-order valence-electron chi connectivity index (χ3n) is 2.04. The van der Waals surface area contributed by atoms with Crippen LogP contribution in [0.4, 0.5) is 5.69 Å². The van der Waals surface area contributed by atoms with Gasteiger partial charge in [-0.3, -0.25) is 4.79 Å². The summed E-state index contributed by atoms with van der Waals surface area (Å²) in [7, 11) is 1.66. The fraction of sp³-hybridized carbons (Fsp3) is 0.125. The van der Waals surface area contributed by atoms with E-state index in [2.05, 4.69) is 20.8 Å². The van der Waals surface area contributed by atoms with Gasteiger partial charge in [-0.05, 0) is 12.8 Å². The Hall–Kier alpha value is -1.94. The fourth-order valence-electron chi connectivity index (χ4n) is 1.16. The molecule has 5 nitrogen and oxygen atoms in total. The first-order valence-electron chi connectivity index (χ1n) is 4.09. The average molecular weight is 186 g/mol. The molecule has 1 aromatic heterocycles. The topological polar surface area (TPSA) is 59.6 Å². The molecule has 0 atom stereocenters. The summed E-state index contributed by atoms with van der Waals surface area (Å²) in [4.78, 5) is 23.5. The number of nitrogens with zero attached hydrogens (tertiary/aromatic N) is 4. The summed E-state index contributed by atoms with van der Waals surface area (Å²) in [6.45, 7) is 1.77. The van der Waals surface area contributed by atoms with E-state index < -0.39 is 0 Å². The zero-order valence-electron chi connectivity index (χ0n) is 7.85. The van der Waals surface area contributed by atoms with E-state index in [1.807, 2.05) is 0 Å². The van der Waals surface area contributed by atoms with Crippen LogP contribution in [0.3, 0.4) is 0 Å². The van der Waals surface area contributed by atoms with Crippen LogP contribution in [-0.2, 0) is 0 Å². The van der Waals surface area contributed by atoms with Gasteiger partial charge in [-0.1, -0.05) is 0 Å². The van der Waals surface area contributed by atoms with E-state index in [9.17, 15) is 4.79 Å². The van der Waals surface area contributed by atoms with Crippen molar-refractivity contribution in [2.75, 3.05) is 0 Å². The van der Waals surface area contributed by atoms with Gasteiger partial charge in [-0.15, -0.1) is 0 Å². The maximum atomic E-state index is 11.7. The Kier molecular flexibility index (Phi) is 1.91. The highest BCUT2D eigenvalue weighted by Gasteiger charge is 2.09. The Morgan fingerprint density at radius 1 is 1.57 bits per heavy atom. The van der Waals surface area contributed by atoms with Gasteiger partial charge in [0.05, 0.1) is 5.82 Å². The molecule has 0 radical (unpaired) electrons. The highest BCUT2D eigenvalue weighted by atomic mass is 16.1. The molecule has 0 unspecified atom stereocenters. The van der Waals surface area contributed by atoms with E-state index >= 15 is 0 Å². The number of aryl methyl sites for hydroxylation is 1. The van der Waals surface area contributed by atoms with Crippen LogP contribution in [-0.4, -0.2) is 29.7 Å². The molecule has 0 bridgehead atoms. The highest BCUT2D eigenvalue weighted by molar-refractivity contribution is 6.07. The average Bonchev–Trinajstić information content (AvgIpc) is 2.39. The van der Waals surface area contributed by atoms with E-state index in [0.717, 1.165) is 0 Å². The molecule has 0 fully saturated rings. The molecular formula is C8H7BN4O. The van der Waals surface area contributed by atoms with E-state index in [1.54, 1.807) is 21.0 Å². The molecule has 1 aliphatic rings. The van der Waals surface area contributed by atoms with Gasteiger partial charge in [-0.2, -0.15) is 4.99 Å². The van der Waals surface area contributed by atoms with Gasteiger partial charge in [0, 0.05) is 6.08 Å². The van der Waals surface area contributed by atoms with E-state index in [-0.39, 0.29) is 5.56 Å². The smallest absolute Gasteiger partial charge is 0.267 e. The molecule has 2 heterocycles. The van der Waals surface area contributed by atoms with Crippen LogP contribution in [0.1, 0.15) is 11.5 Å². The van der Waals surface area contributed by atoms with Crippen molar-refractivity contribution in [1.82, 2.24) is 9.46 Å². The Morgan fingerprint density at radius 2 is 2.36 bits per heavy atom. The fourth-order valence-corrected chi connectivity index (χ4v) is 1.16. The van der Waals surface area contributed by atoms with Gasteiger partial charge in [-0.25, -0.2) is 9.98 Å². The molecule has 0 aliphatic carbocycles. The van der Waals surface area contributed by atoms with Crippen LogP contribution in [0.25, 0.3) is 6.08 Å². The summed E-state index contributed by atoms with van der Waals surface area (Å²) in [5, 5.41) is 0. The second-order valence-electron chi connectivity index (χ2n) is 2.90. The van der Waals surface area contributed by atoms with Gasteiger partial charge in [0.25, 0.3) is 5.56 Å². The molecule has 0 N–H and O–H groups in total. The van der Waals surface area contributed by atoms with Gasteiger partial charge in [0.15, 0.2) is 5.69 Å². The van der Waals surface area contributed by atoms with E-state index in [1.165, 1.54) is 10.8 Å². The minimum atomic E-state index is -0.168. The summed E-state index contributed by atoms with van der Waals surface area (Å²) >= 11 is 0. The van der Waals surface area contributed by atoms with Crippen molar-refractivity contribution in [1.29, 1.82) is 0 Å². The van der Waals surface area contributed by atoms with Crippen molar-refractivity contribution in [2.45, 2.75) is 6.92 Å². The first-order chi connectivity index (χ1) is 6.70. The molecule has 0 aromatic carbocycles. The molecule has 1 aromatic rings. The standard InChI is InChI=1S/C8H7BN4O/c1-5-12-6-2-3-10-4-11-7(6)8(14)13(5)9/h2,4H,9H2,1H3. The van der Waals surface area contributed by atoms with Gasteiger partial charge >= 0.3 is 0 Å². The van der Waals surface area contributed by atoms with Crippen molar-refractivity contribution in [3.63, 3.8) is 0 Å². The second-order valence-corrected chi connectivity index (χ2v) is 2.90. The molecule has 2 rings (SSSR count). The lowest BCUT2D eigenvalue weighted by Gasteiger charge is -2.05. The van der Waals surface area contributed by atoms with Crippen molar-refractivity contribution < 1.29 is 0 Å². The zero-order chi connectivity index (χ0) is 10.1. The predicted molar refractivity (Wildman–Crippen MR) is 57.2 cm³/mol. The number of hydrogen-bond acceptors (Lipinski definition) is 4. The SMILES string of the molecule is Bn1c(C)nc2c(c1=O)N=CN=C=C2. The lowest BCUT2D eigenvalue weighted by molar-refractivity contribution is 0.945. The molecule has 1 aliphatic heterocycles. The Morgan fingerprint density at radius 3 is 3.14 bits per heavy atom. The van der Waals surface area contributed by atoms with Gasteiger partial charge < -0.3 is 4.48 Å². The van der Waals surface area contributed by atoms with E-state index in [0.29, 0.717) is 17.2 Å². The van der Waals surface area contributed by atoms with Crippen LogP contribution >= 0.6 is 0 Å². The Labute approximate surface area is 81.0 Å². The Balaban J connectivity index is 2.86. The quantitative estimate of drug-likeness (QED) is 0.503. The first kappa shape index (κ1) is 8.65. The molecule has 0 saturated heterocycles. The van der Waals surface area contributed by atoms with E-state index in [4.69, 9.17) is 0 Å². The predicted octanol–water partition coefficient (Wildman–Crippen LogP) is -0.696.